The molecule has 0 aliphatic carbocycles. The van der Waals surface area contributed by atoms with Crippen molar-refractivity contribution in [3.8, 4) is 0 Å². The summed E-state index contributed by atoms with van der Waals surface area (Å²) < 4.78 is 0. The first-order valence-corrected chi connectivity index (χ1v) is 7.58. The number of nitrogens with one attached hydrogen (secondary N) is 2. The largest absolute Gasteiger partial charge is 0.480 e. The van der Waals surface area contributed by atoms with Gasteiger partial charge in [0.1, 0.15) is 0 Å². The first-order valence-electron chi connectivity index (χ1n) is 7.58. The predicted molar refractivity (Wildman–Crippen MR) is 87.6 cm³/mol. The standard InChI is InChI=1S/C16H20N2O8/c1-7(19)11(15(23)24)17-13(21)9-3-5-10(6-4-9)14(22)18-12(8(2)20)16(25)26/h3-8,11-12,19-20H,1-2H3,(H,17,21)(H,18,22)(H,23,24)(H,25,26)/t7-,8-,11-,12+/m0/s1. The zero-order chi connectivity index (χ0) is 20.0. The summed E-state index contributed by atoms with van der Waals surface area (Å²) in [4.78, 5) is 45.9. The SMILES string of the molecule is C[C@H](O)[C@H](NC(=O)c1ccc(C(=O)N[C@@H](C(=O)O)[C@H](C)O)cc1)C(=O)O. The van der Waals surface area contributed by atoms with Gasteiger partial charge in [0.05, 0.1) is 12.2 Å². The van der Waals surface area contributed by atoms with Crippen LogP contribution in [0.5, 0.6) is 0 Å². The Bertz CT molecular complexity index is 625. The predicted octanol–water partition coefficient (Wildman–Crippen LogP) is -1.19. The minimum Gasteiger partial charge on any atom is -0.480 e. The van der Waals surface area contributed by atoms with Crippen LogP contribution in [-0.4, -0.2) is 68.5 Å². The number of carbonyl (C=O) groups excluding carboxylic acids is 2. The Kier molecular flexibility index (Phi) is 7.23. The Hall–Kier alpha value is -2.98. The number of hydrogen-bond donors (Lipinski definition) is 6. The first-order chi connectivity index (χ1) is 12.0. The maximum absolute atomic E-state index is 12.0. The molecule has 0 fully saturated rings. The third-order valence-electron chi connectivity index (χ3n) is 3.48. The Morgan fingerprint density at radius 1 is 0.731 bits per heavy atom. The van der Waals surface area contributed by atoms with E-state index in [-0.39, 0.29) is 11.1 Å². The number of benzene rings is 1. The summed E-state index contributed by atoms with van der Waals surface area (Å²) in [5, 5.41) is 40.9. The van der Waals surface area contributed by atoms with Crippen LogP contribution in [0.25, 0.3) is 0 Å². The average Bonchev–Trinajstić information content (AvgIpc) is 2.55. The zero-order valence-electron chi connectivity index (χ0n) is 14.0. The van der Waals surface area contributed by atoms with Crippen LogP contribution >= 0.6 is 0 Å². The van der Waals surface area contributed by atoms with Crippen LogP contribution in [0.2, 0.25) is 0 Å². The normalized spacial score (nSPS) is 15.2. The number of aliphatic hydroxyl groups is 2. The second-order valence-corrected chi connectivity index (χ2v) is 5.64. The van der Waals surface area contributed by atoms with E-state index in [0.717, 1.165) is 0 Å². The number of rotatable bonds is 8. The highest BCUT2D eigenvalue weighted by molar-refractivity contribution is 6.00. The third kappa shape index (κ3) is 5.53. The zero-order valence-corrected chi connectivity index (χ0v) is 14.0. The highest BCUT2D eigenvalue weighted by Gasteiger charge is 2.27. The van der Waals surface area contributed by atoms with Gasteiger partial charge in [-0.25, -0.2) is 9.59 Å². The molecule has 0 unspecified atom stereocenters. The van der Waals surface area contributed by atoms with E-state index < -0.39 is 48.0 Å². The molecule has 26 heavy (non-hydrogen) atoms. The number of aliphatic carboxylic acids is 2. The Morgan fingerprint density at radius 3 is 1.19 bits per heavy atom. The fraction of sp³-hybridized carbons (Fsp3) is 0.375. The molecule has 0 saturated heterocycles. The Labute approximate surface area is 148 Å². The van der Waals surface area contributed by atoms with Crippen molar-refractivity contribution in [3.63, 3.8) is 0 Å². The maximum Gasteiger partial charge on any atom is 0.328 e. The molecule has 0 aliphatic rings. The van der Waals surface area contributed by atoms with E-state index in [0.29, 0.717) is 0 Å². The van der Waals surface area contributed by atoms with Crippen LogP contribution in [0.4, 0.5) is 0 Å². The second kappa shape index (κ2) is 8.92. The molecule has 0 bridgehead atoms. The molecule has 0 heterocycles. The van der Waals surface area contributed by atoms with E-state index in [4.69, 9.17) is 10.2 Å². The number of amides is 2. The molecule has 1 aromatic carbocycles. The van der Waals surface area contributed by atoms with Gasteiger partial charge in [0.25, 0.3) is 11.8 Å². The lowest BCUT2D eigenvalue weighted by molar-refractivity contribution is -0.142. The Morgan fingerprint density at radius 2 is 1.00 bits per heavy atom. The molecule has 142 valence electrons. The van der Waals surface area contributed by atoms with Gasteiger partial charge in [-0.05, 0) is 38.1 Å². The molecular formula is C16H20N2O8. The van der Waals surface area contributed by atoms with Crippen molar-refractivity contribution in [1.82, 2.24) is 10.6 Å². The van der Waals surface area contributed by atoms with Crippen molar-refractivity contribution in [3.05, 3.63) is 35.4 Å². The van der Waals surface area contributed by atoms with Crippen LogP contribution < -0.4 is 10.6 Å². The molecule has 0 radical (unpaired) electrons. The number of hydrogen-bond acceptors (Lipinski definition) is 6. The number of aliphatic hydroxyl groups excluding tert-OH is 2. The van der Waals surface area contributed by atoms with E-state index >= 15 is 0 Å². The van der Waals surface area contributed by atoms with Crippen LogP contribution in [-0.2, 0) is 9.59 Å². The van der Waals surface area contributed by atoms with Gasteiger partial charge < -0.3 is 31.1 Å². The quantitative estimate of drug-likeness (QED) is 0.332. The monoisotopic (exact) mass is 368 g/mol. The van der Waals surface area contributed by atoms with E-state index in [2.05, 4.69) is 10.6 Å². The van der Waals surface area contributed by atoms with E-state index in [1.807, 2.05) is 0 Å². The van der Waals surface area contributed by atoms with Gasteiger partial charge in [0.2, 0.25) is 0 Å². The summed E-state index contributed by atoms with van der Waals surface area (Å²) in [5.74, 6) is -4.33. The molecule has 0 aromatic heterocycles. The van der Waals surface area contributed by atoms with Crippen LogP contribution in [0.3, 0.4) is 0 Å². The molecule has 10 heteroatoms. The lowest BCUT2D eigenvalue weighted by Crippen LogP contribution is -2.48. The van der Waals surface area contributed by atoms with Crippen LogP contribution in [0.15, 0.2) is 24.3 Å². The van der Waals surface area contributed by atoms with Crippen LogP contribution in [0, 0.1) is 0 Å². The summed E-state index contributed by atoms with van der Waals surface area (Å²) in [7, 11) is 0. The Balaban J connectivity index is 2.84. The highest BCUT2D eigenvalue weighted by atomic mass is 16.4. The van der Waals surface area contributed by atoms with E-state index in [9.17, 15) is 29.4 Å². The third-order valence-corrected chi connectivity index (χ3v) is 3.48. The average molecular weight is 368 g/mol. The van der Waals surface area contributed by atoms with Gasteiger partial charge in [-0.1, -0.05) is 0 Å². The number of carbonyl (C=O) groups is 4. The molecule has 10 nitrogen and oxygen atoms in total. The van der Waals surface area contributed by atoms with Crippen molar-refractivity contribution in [2.75, 3.05) is 0 Å². The molecule has 6 N–H and O–H groups in total. The number of carboxylic acid groups (broad SMARTS) is 2. The summed E-state index contributed by atoms with van der Waals surface area (Å²) in [6.45, 7) is 2.43. The lowest BCUT2D eigenvalue weighted by Gasteiger charge is -2.18. The minimum absolute atomic E-state index is 0.0405. The van der Waals surface area contributed by atoms with Crippen molar-refractivity contribution in [2.24, 2.45) is 0 Å². The molecule has 1 rings (SSSR count). The first kappa shape index (κ1) is 21.1. The molecule has 2 amide bonds. The molecule has 4 atom stereocenters. The van der Waals surface area contributed by atoms with Crippen molar-refractivity contribution < 1.29 is 39.6 Å². The molecule has 1 aromatic rings. The topological polar surface area (TPSA) is 173 Å². The fourth-order valence-corrected chi connectivity index (χ4v) is 2.00. The molecular weight excluding hydrogens is 348 g/mol. The summed E-state index contributed by atoms with van der Waals surface area (Å²) in [6, 6.07) is 1.97. The van der Waals surface area contributed by atoms with Gasteiger partial charge in [-0.2, -0.15) is 0 Å². The van der Waals surface area contributed by atoms with Crippen LogP contribution in [0.1, 0.15) is 34.6 Å². The van der Waals surface area contributed by atoms with E-state index in [1.54, 1.807) is 0 Å². The molecule has 0 aliphatic heterocycles. The number of carboxylic acids is 2. The highest BCUT2D eigenvalue weighted by Crippen LogP contribution is 2.07. The van der Waals surface area contributed by atoms with Gasteiger partial charge in [0, 0.05) is 11.1 Å². The second-order valence-electron chi connectivity index (χ2n) is 5.64. The van der Waals surface area contributed by atoms with Gasteiger partial charge in [-0.3, -0.25) is 9.59 Å². The van der Waals surface area contributed by atoms with Gasteiger partial charge >= 0.3 is 11.9 Å². The lowest BCUT2D eigenvalue weighted by atomic mass is 10.1. The van der Waals surface area contributed by atoms with Gasteiger partial charge in [0.15, 0.2) is 12.1 Å². The maximum atomic E-state index is 12.0. The molecule has 0 saturated carbocycles. The smallest absolute Gasteiger partial charge is 0.328 e. The summed E-state index contributed by atoms with van der Waals surface area (Å²) >= 11 is 0. The van der Waals surface area contributed by atoms with Gasteiger partial charge in [-0.15, -0.1) is 0 Å². The van der Waals surface area contributed by atoms with Crippen molar-refractivity contribution in [2.45, 2.75) is 38.1 Å². The fourth-order valence-electron chi connectivity index (χ4n) is 2.00. The van der Waals surface area contributed by atoms with Crippen molar-refractivity contribution in [1.29, 1.82) is 0 Å². The molecule has 0 spiro atoms. The summed E-state index contributed by atoms with van der Waals surface area (Å²) in [6.07, 6.45) is -2.62. The minimum atomic E-state index is -1.49. The van der Waals surface area contributed by atoms with Crippen molar-refractivity contribution >= 4 is 23.8 Å². The van der Waals surface area contributed by atoms with E-state index in [1.165, 1.54) is 38.1 Å². The summed E-state index contributed by atoms with van der Waals surface area (Å²) in [5.41, 5.74) is 0.0810.